The molecule has 116 valence electrons. The van der Waals surface area contributed by atoms with E-state index < -0.39 is 0 Å². The molecule has 0 bridgehead atoms. The molecule has 1 fully saturated rings. The monoisotopic (exact) mass is 288 g/mol. The van der Waals surface area contributed by atoms with Crippen LogP contribution in [0.25, 0.3) is 0 Å². The molecule has 0 aliphatic carbocycles. The highest BCUT2D eigenvalue weighted by Gasteiger charge is 2.21. The predicted molar refractivity (Wildman–Crippen MR) is 86.5 cm³/mol. The zero-order valence-corrected chi connectivity index (χ0v) is 13.2. The van der Waals surface area contributed by atoms with Gasteiger partial charge in [0.25, 0.3) is 0 Å². The van der Waals surface area contributed by atoms with E-state index in [9.17, 15) is 0 Å². The number of rotatable bonds is 5. The molecular weight excluding hydrogens is 260 g/mol. The molecule has 1 aromatic carbocycles. The summed E-state index contributed by atoms with van der Waals surface area (Å²) in [6, 6.07) is 8.73. The number of fused-ring (bicyclic) bond motifs is 1. The summed E-state index contributed by atoms with van der Waals surface area (Å²) in [7, 11) is 0. The third-order valence-electron chi connectivity index (χ3n) is 5.01. The second-order valence-electron chi connectivity index (χ2n) is 6.34. The lowest BCUT2D eigenvalue weighted by atomic mass is 9.95. The first kappa shape index (κ1) is 15.0. The highest BCUT2D eigenvalue weighted by molar-refractivity contribution is 5.31. The third kappa shape index (κ3) is 3.85. The highest BCUT2D eigenvalue weighted by atomic mass is 16.5. The first-order valence-corrected chi connectivity index (χ1v) is 8.49. The van der Waals surface area contributed by atoms with Crippen molar-refractivity contribution in [3.8, 4) is 0 Å². The maximum atomic E-state index is 5.96. The van der Waals surface area contributed by atoms with Crippen LogP contribution in [0.3, 0.4) is 0 Å². The van der Waals surface area contributed by atoms with Crippen LogP contribution in [-0.4, -0.2) is 44.2 Å². The molecule has 3 heteroatoms. The van der Waals surface area contributed by atoms with Crippen molar-refractivity contribution in [3.05, 3.63) is 35.4 Å². The second-order valence-corrected chi connectivity index (χ2v) is 6.34. The van der Waals surface area contributed by atoms with E-state index in [-0.39, 0.29) is 6.10 Å². The van der Waals surface area contributed by atoms with Crippen LogP contribution < -0.4 is 5.32 Å². The molecule has 1 saturated heterocycles. The van der Waals surface area contributed by atoms with E-state index in [1.807, 2.05) is 0 Å². The Hall–Kier alpha value is -0.900. The summed E-state index contributed by atoms with van der Waals surface area (Å²) in [5, 5.41) is 3.66. The Morgan fingerprint density at radius 3 is 2.81 bits per heavy atom. The molecule has 1 unspecified atom stereocenters. The van der Waals surface area contributed by atoms with E-state index >= 15 is 0 Å². The molecule has 0 spiro atoms. The Labute approximate surface area is 128 Å². The minimum Gasteiger partial charge on any atom is -0.372 e. The van der Waals surface area contributed by atoms with Gasteiger partial charge in [-0.2, -0.15) is 0 Å². The number of nitrogens with one attached hydrogen (secondary N) is 1. The SMILES string of the molecule is CCN1CCC(CNCC2OCCc3ccccc32)CC1. The van der Waals surface area contributed by atoms with Crippen LogP contribution >= 0.6 is 0 Å². The lowest BCUT2D eigenvalue weighted by molar-refractivity contribution is 0.0413. The van der Waals surface area contributed by atoms with E-state index in [2.05, 4.69) is 41.4 Å². The summed E-state index contributed by atoms with van der Waals surface area (Å²) >= 11 is 0. The number of hydrogen-bond donors (Lipinski definition) is 1. The molecule has 2 heterocycles. The first-order chi connectivity index (χ1) is 10.4. The maximum absolute atomic E-state index is 5.96. The fourth-order valence-electron chi connectivity index (χ4n) is 3.57. The van der Waals surface area contributed by atoms with E-state index in [1.54, 1.807) is 0 Å². The van der Waals surface area contributed by atoms with Gasteiger partial charge in [0.1, 0.15) is 0 Å². The summed E-state index contributed by atoms with van der Waals surface area (Å²) in [4.78, 5) is 2.55. The van der Waals surface area contributed by atoms with Crippen molar-refractivity contribution in [2.24, 2.45) is 5.92 Å². The summed E-state index contributed by atoms with van der Waals surface area (Å²) in [5.41, 5.74) is 2.85. The summed E-state index contributed by atoms with van der Waals surface area (Å²) < 4.78 is 5.96. The topological polar surface area (TPSA) is 24.5 Å². The van der Waals surface area contributed by atoms with Gasteiger partial charge in [-0.05, 0) is 62.5 Å². The number of hydrogen-bond acceptors (Lipinski definition) is 3. The van der Waals surface area contributed by atoms with Crippen LogP contribution in [0.4, 0.5) is 0 Å². The Morgan fingerprint density at radius 2 is 2.00 bits per heavy atom. The van der Waals surface area contributed by atoms with Crippen molar-refractivity contribution in [2.75, 3.05) is 39.3 Å². The number of nitrogens with zero attached hydrogens (tertiary/aromatic N) is 1. The molecule has 0 amide bonds. The van der Waals surface area contributed by atoms with Crippen molar-refractivity contribution in [1.29, 1.82) is 0 Å². The van der Waals surface area contributed by atoms with Gasteiger partial charge in [0.2, 0.25) is 0 Å². The molecule has 1 atom stereocenters. The molecule has 2 aliphatic heterocycles. The molecule has 1 aromatic rings. The fourth-order valence-corrected chi connectivity index (χ4v) is 3.57. The van der Waals surface area contributed by atoms with Gasteiger partial charge in [0, 0.05) is 6.54 Å². The van der Waals surface area contributed by atoms with E-state index in [1.165, 1.54) is 43.6 Å². The minimum atomic E-state index is 0.241. The van der Waals surface area contributed by atoms with Crippen LogP contribution in [0.1, 0.15) is 37.0 Å². The molecule has 0 saturated carbocycles. The van der Waals surface area contributed by atoms with Crippen LogP contribution in [0, 0.1) is 5.92 Å². The Balaban J connectivity index is 1.44. The molecule has 3 nitrogen and oxygen atoms in total. The van der Waals surface area contributed by atoms with Gasteiger partial charge in [-0.15, -0.1) is 0 Å². The summed E-state index contributed by atoms with van der Waals surface area (Å²) in [6.45, 7) is 8.95. The van der Waals surface area contributed by atoms with Crippen molar-refractivity contribution < 1.29 is 4.74 Å². The van der Waals surface area contributed by atoms with E-state index in [0.717, 1.165) is 32.0 Å². The van der Waals surface area contributed by atoms with Crippen molar-refractivity contribution in [1.82, 2.24) is 10.2 Å². The fraction of sp³-hybridized carbons (Fsp3) is 0.667. The molecule has 0 radical (unpaired) electrons. The standard InChI is InChI=1S/C18H28N2O/c1-2-20-10-7-15(8-11-20)13-19-14-18-17-6-4-3-5-16(17)9-12-21-18/h3-6,15,18-19H,2,7-14H2,1H3. The van der Waals surface area contributed by atoms with Gasteiger partial charge < -0.3 is 15.0 Å². The Bertz CT molecular complexity index is 441. The first-order valence-electron chi connectivity index (χ1n) is 8.49. The lowest BCUT2D eigenvalue weighted by Crippen LogP contribution is -2.38. The number of benzene rings is 1. The van der Waals surface area contributed by atoms with E-state index in [4.69, 9.17) is 4.74 Å². The molecule has 0 aromatic heterocycles. The molecule has 2 aliphatic rings. The summed E-state index contributed by atoms with van der Waals surface area (Å²) in [6.07, 6.45) is 3.97. The third-order valence-corrected chi connectivity index (χ3v) is 5.01. The molecule has 1 N–H and O–H groups in total. The van der Waals surface area contributed by atoms with Gasteiger partial charge in [-0.1, -0.05) is 31.2 Å². The van der Waals surface area contributed by atoms with Crippen LogP contribution in [-0.2, 0) is 11.2 Å². The van der Waals surface area contributed by atoms with Crippen LogP contribution in [0.5, 0.6) is 0 Å². The number of piperidine rings is 1. The zero-order valence-electron chi connectivity index (χ0n) is 13.2. The van der Waals surface area contributed by atoms with Crippen molar-refractivity contribution >= 4 is 0 Å². The molecule has 3 rings (SSSR count). The second kappa shape index (κ2) is 7.39. The number of likely N-dealkylation sites (tertiary alicyclic amines) is 1. The lowest BCUT2D eigenvalue weighted by Gasteiger charge is -2.32. The quantitative estimate of drug-likeness (QED) is 0.901. The number of ether oxygens (including phenoxy) is 1. The maximum Gasteiger partial charge on any atom is 0.0952 e. The van der Waals surface area contributed by atoms with Crippen LogP contribution in [0.2, 0.25) is 0 Å². The normalized spacial score (nSPS) is 24.0. The average molecular weight is 288 g/mol. The van der Waals surface area contributed by atoms with Gasteiger partial charge >= 0.3 is 0 Å². The predicted octanol–water partition coefficient (Wildman–Crippen LogP) is 2.62. The zero-order chi connectivity index (χ0) is 14.5. The van der Waals surface area contributed by atoms with Crippen molar-refractivity contribution in [3.63, 3.8) is 0 Å². The van der Waals surface area contributed by atoms with Gasteiger partial charge in [0.05, 0.1) is 12.7 Å². The van der Waals surface area contributed by atoms with Gasteiger partial charge in [-0.3, -0.25) is 0 Å². The van der Waals surface area contributed by atoms with E-state index in [0.29, 0.717) is 0 Å². The Kier molecular flexibility index (Phi) is 5.28. The molecule has 21 heavy (non-hydrogen) atoms. The largest absolute Gasteiger partial charge is 0.372 e. The van der Waals surface area contributed by atoms with Gasteiger partial charge in [-0.25, -0.2) is 0 Å². The van der Waals surface area contributed by atoms with Gasteiger partial charge in [0.15, 0.2) is 0 Å². The smallest absolute Gasteiger partial charge is 0.0952 e. The Morgan fingerprint density at radius 1 is 1.19 bits per heavy atom. The minimum absolute atomic E-state index is 0.241. The summed E-state index contributed by atoms with van der Waals surface area (Å²) in [5.74, 6) is 0.839. The van der Waals surface area contributed by atoms with Crippen LogP contribution in [0.15, 0.2) is 24.3 Å². The highest BCUT2D eigenvalue weighted by Crippen LogP contribution is 2.26. The van der Waals surface area contributed by atoms with Crippen molar-refractivity contribution in [2.45, 2.75) is 32.3 Å². The average Bonchev–Trinajstić information content (AvgIpc) is 2.56. The molecular formula is C18H28N2O.